The van der Waals surface area contributed by atoms with Crippen LogP contribution in [0.2, 0.25) is 0 Å². The lowest BCUT2D eigenvalue weighted by Gasteiger charge is -2.18. The molecule has 0 radical (unpaired) electrons. The zero-order valence-corrected chi connectivity index (χ0v) is 6.86. The average Bonchev–Trinajstić information content (AvgIpc) is 2.41. The van der Waals surface area contributed by atoms with E-state index in [1.54, 1.807) is 5.57 Å². The first-order valence-corrected chi connectivity index (χ1v) is 3.81. The van der Waals surface area contributed by atoms with E-state index in [9.17, 15) is 0 Å². The number of rotatable bonds is 2. The standard InChI is InChI=1S/C9H16/c1-5-7(2)9(4)6-8(9)3/h6-7H,5H2,1-4H3. The van der Waals surface area contributed by atoms with Gasteiger partial charge in [-0.3, -0.25) is 0 Å². The van der Waals surface area contributed by atoms with E-state index in [-0.39, 0.29) is 0 Å². The fraction of sp³-hybridized carbons (Fsp3) is 0.778. The normalized spacial score (nSPS) is 35.8. The highest BCUT2D eigenvalue weighted by Crippen LogP contribution is 2.50. The molecule has 0 aromatic rings. The van der Waals surface area contributed by atoms with Crippen molar-refractivity contribution in [1.29, 1.82) is 0 Å². The molecular formula is C9H16. The maximum Gasteiger partial charge on any atom is 0.00883 e. The molecule has 0 heterocycles. The molecule has 0 N–H and O–H groups in total. The zero-order valence-electron chi connectivity index (χ0n) is 6.86. The summed E-state index contributed by atoms with van der Waals surface area (Å²) < 4.78 is 0. The van der Waals surface area contributed by atoms with Gasteiger partial charge >= 0.3 is 0 Å². The largest absolute Gasteiger partial charge is 0.0745 e. The fourth-order valence-electron chi connectivity index (χ4n) is 1.37. The minimum absolute atomic E-state index is 0.509. The van der Waals surface area contributed by atoms with Gasteiger partial charge in [-0.05, 0) is 12.8 Å². The molecule has 2 atom stereocenters. The van der Waals surface area contributed by atoms with Crippen LogP contribution in [0.1, 0.15) is 34.1 Å². The van der Waals surface area contributed by atoms with E-state index in [0.29, 0.717) is 5.41 Å². The molecule has 52 valence electrons. The molecule has 9 heavy (non-hydrogen) atoms. The second-order valence-corrected chi connectivity index (χ2v) is 3.42. The minimum Gasteiger partial charge on any atom is -0.0745 e. The van der Waals surface area contributed by atoms with Crippen LogP contribution in [0.15, 0.2) is 11.6 Å². The zero-order chi connectivity index (χ0) is 7.07. The summed E-state index contributed by atoms with van der Waals surface area (Å²) in [7, 11) is 0. The van der Waals surface area contributed by atoms with E-state index in [0.717, 1.165) is 5.92 Å². The Morgan fingerprint density at radius 2 is 2.11 bits per heavy atom. The van der Waals surface area contributed by atoms with Crippen molar-refractivity contribution in [2.24, 2.45) is 11.3 Å². The summed E-state index contributed by atoms with van der Waals surface area (Å²) in [5, 5.41) is 0. The van der Waals surface area contributed by atoms with Gasteiger partial charge in [0.2, 0.25) is 0 Å². The maximum absolute atomic E-state index is 2.38. The molecular weight excluding hydrogens is 108 g/mol. The summed E-state index contributed by atoms with van der Waals surface area (Å²) in [5.74, 6) is 0.845. The molecule has 1 aliphatic rings. The molecule has 0 aliphatic heterocycles. The highest BCUT2D eigenvalue weighted by atomic mass is 14.4. The lowest BCUT2D eigenvalue weighted by molar-refractivity contribution is 0.381. The Morgan fingerprint density at radius 3 is 2.22 bits per heavy atom. The van der Waals surface area contributed by atoms with E-state index >= 15 is 0 Å². The molecule has 0 saturated heterocycles. The van der Waals surface area contributed by atoms with Crippen LogP contribution < -0.4 is 0 Å². The van der Waals surface area contributed by atoms with Crippen LogP contribution in [0.3, 0.4) is 0 Å². The van der Waals surface area contributed by atoms with Gasteiger partial charge in [-0.1, -0.05) is 38.8 Å². The molecule has 0 spiro atoms. The van der Waals surface area contributed by atoms with Crippen molar-refractivity contribution >= 4 is 0 Å². The SMILES string of the molecule is CCC(C)C1(C)C=C1C. The van der Waals surface area contributed by atoms with Gasteiger partial charge in [0.1, 0.15) is 0 Å². The van der Waals surface area contributed by atoms with Crippen LogP contribution in [0.5, 0.6) is 0 Å². The monoisotopic (exact) mass is 124 g/mol. The van der Waals surface area contributed by atoms with Crippen LogP contribution in [0, 0.1) is 11.3 Å². The van der Waals surface area contributed by atoms with Crippen LogP contribution in [0.4, 0.5) is 0 Å². The smallest absolute Gasteiger partial charge is 0.00883 e. The first-order valence-electron chi connectivity index (χ1n) is 3.81. The van der Waals surface area contributed by atoms with Crippen LogP contribution >= 0.6 is 0 Å². The summed E-state index contributed by atoms with van der Waals surface area (Å²) in [4.78, 5) is 0. The molecule has 0 fully saturated rings. The summed E-state index contributed by atoms with van der Waals surface area (Å²) >= 11 is 0. The van der Waals surface area contributed by atoms with E-state index < -0.39 is 0 Å². The predicted molar refractivity (Wildman–Crippen MR) is 41.3 cm³/mol. The molecule has 0 aromatic carbocycles. The molecule has 0 amide bonds. The lowest BCUT2D eigenvalue weighted by Crippen LogP contribution is -2.10. The van der Waals surface area contributed by atoms with E-state index in [4.69, 9.17) is 0 Å². The Bertz CT molecular complexity index is 144. The summed E-state index contributed by atoms with van der Waals surface area (Å²) in [5.41, 5.74) is 2.09. The number of hydrogen-bond donors (Lipinski definition) is 0. The molecule has 0 aromatic heterocycles. The maximum atomic E-state index is 2.38. The Hall–Kier alpha value is -0.260. The second-order valence-electron chi connectivity index (χ2n) is 3.42. The fourth-order valence-corrected chi connectivity index (χ4v) is 1.37. The third kappa shape index (κ3) is 0.910. The van der Waals surface area contributed by atoms with Crippen LogP contribution in [-0.4, -0.2) is 0 Å². The Morgan fingerprint density at radius 1 is 1.67 bits per heavy atom. The van der Waals surface area contributed by atoms with Crippen molar-refractivity contribution in [1.82, 2.24) is 0 Å². The van der Waals surface area contributed by atoms with E-state index in [1.165, 1.54) is 6.42 Å². The summed E-state index contributed by atoms with van der Waals surface area (Å²) in [6, 6.07) is 0. The number of allylic oxidation sites excluding steroid dienone is 2. The second kappa shape index (κ2) is 1.86. The quantitative estimate of drug-likeness (QED) is 0.496. The highest BCUT2D eigenvalue weighted by molar-refractivity contribution is 5.36. The van der Waals surface area contributed by atoms with Crippen molar-refractivity contribution in [3.8, 4) is 0 Å². The van der Waals surface area contributed by atoms with Gasteiger partial charge in [0.15, 0.2) is 0 Å². The molecule has 1 rings (SSSR count). The Labute approximate surface area is 58.0 Å². The van der Waals surface area contributed by atoms with Gasteiger partial charge in [-0.25, -0.2) is 0 Å². The average molecular weight is 124 g/mol. The van der Waals surface area contributed by atoms with Gasteiger partial charge < -0.3 is 0 Å². The third-order valence-electron chi connectivity index (χ3n) is 2.92. The first-order chi connectivity index (χ1) is 4.11. The lowest BCUT2D eigenvalue weighted by atomic mass is 9.86. The topological polar surface area (TPSA) is 0 Å². The molecule has 1 aliphatic carbocycles. The van der Waals surface area contributed by atoms with Crippen LogP contribution in [0.25, 0.3) is 0 Å². The van der Waals surface area contributed by atoms with Gasteiger partial charge in [0.05, 0.1) is 0 Å². The van der Waals surface area contributed by atoms with Crippen molar-refractivity contribution in [3.05, 3.63) is 11.6 Å². The minimum atomic E-state index is 0.509. The summed E-state index contributed by atoms with van der Waals surface area (Å²) in [6.45, 7) is 9.14. The molecule has 0 nitrogen and oxygen atoms in total. The summed E-state index contributed by atoms with van der Waals surface area (Å²) in [6.07, 6.45) is 3.67. The molecule has 0 heteroatoms. The first kappa shape index (κ1) is 6.85. The van der Waals surface area contributed by atoms with Gasteiger partial charge in [0.25, 0.3) is 0 Å². The predicted octanol–water partition coefficient (Wildman–Crippen LogP) is 3.00. The van der Waals surface area contributed by atoms with Crippen molar-refractivity contribution in [2.75, 3.05) is 0 Å². The van der Waals surface area contributed by atoms with Gasteiger partial charge in [-0.2, -0.15) is 0 Å². The Balaban J connectivity index is 2.46. The van der Waals surface area contributed by atoms with Gasteiger partial charge in [-0.15, -0.1) is 0 Å². The van der Waals surface area contributed by atoms with Crippen molar-refractivity contribution < 1.29 is 0 Å². The Kier molecular flexibility index (Phi) is 1.42. The van der Waals surface area contributed by atoms with Crippen molar-refractivity contribution in [2.45, 2.75) is 34.1 Å². The molecule has 0 bridgehead atoms. The highest BCUT2D eigenvalue weighted by Gasteiger charge is 2.39. The van der Waals surface area contributed by atoms with E-state index in [1.807, 2.05) is 0 Å². The van der Waals surface area contributed by atoms with Crippen molar-refractivity contribution in [3.63, 3.8) is 0 Å². The number of hydrogen-bond acceptors (Lipinski definition) is 0. The van der Waals surface area contributed by atoms with Crippen LogP contribution in [-0.2, 0) is 0 Å². The third-order valence-corrected chi connectivity index (χ3v) is 2.92. The van der Waals surface area contributed by atoms with E-state index in [2.05, 4.69) is 33.8 Å². The van der Waals surface area contributed by atoms with Gasteiger partial charge in [0, 0.05) is 5.41 Å². The molecule has 2 unspecified atom stereocenters. The molecule has 0 saturated carbocycles.